The Morgan fingerprint density at radius 1 is 1.69 bits per heavy atom. The number of likely N-dealkylation sites (N-methyl/N-ethyl adjacent to an activating group) is 1. The number of carbonyl (C=O) groups is 1. The molecule has 0 spiro atoms. The number of aryl methyl sites for hydroxylation is 1. The Morgan fingerprint density at radius 3 is 2.94 bits per heavy atom. The third kappa shape index (κ3) is 1.81. The highest BCUT2D eigenvalue weighted by atomic mass is 16.5. The molecular weight excluding hydrogens is 210 g/mol. The zero-order chi connectivity index (χ0) is 11.7. The highest BCUT2D eigenvalue weighted by molar-refractivity contribution is 5.94. The van der Waals surface area contributed by atoms with Crippen LogP contribution in [-0.4, -0.2) is 53.4 Å². The van der Waals surface area contributed by atoms with Crippen LogP contribution in [0.5, 0.6) is 0 Å². The lowest BCUT2D eigenvalue weighted by Crippen LogP contribution is -2.44. The quantitative estimate of drug-likeness (QED) is 0.702. The second-order valence-electron chi connectivity index (χ2n) is 4.00. The summed E-state index contributed by atoms with van der Waals surface area (Å²) in [7, 11) is 1.68. The second-order valence-corrected chi connectivity index (χ2v) is 4.00. The molecule has 6 nitrogen and oxygen atoms in total. The molecule has 2 rings (SSSR count). The first-order chi connectivity index (χ1) is 7.61. The van der Waals surface area contributed by atoms with Gasteiger partial charge in [-0.25, -0.2) is 0 Å². The van der Waals surface area contributed by atoms with E-state index >= 15 is 0 Å². The number of aromatic nitrogens is 1. The molecule has 0 radical (unpaired) electrons. The minimum Gasteiger partial charge on any atom is -0.390 e. The maximum absolute atomic E-state index is 12.0. The molecule has 1 amide bonds. The van der Waals surface area contributed by atoms with E-state index in [0.29, 0.717) is 24.4 Å². The normalized spacial score (nSPS) is 24.7. The van der Waals surface area contributed by atoms with Crippen LogP contribution in [0.4, 0.5) is 0 Å². The van der Waals surface area contributed by atoms with Crippen LogP contribution in [0.2, 0.25) is 0 Å². The Morgan fingerprint density at radius 2 is 2.44 bits per heavy atom. The topological polar surface area (TPSA) is 78.6 Å². The Labute approximate surface area is 93.2 Å². The van der Waals surface area contributed by atoms with Crippen LogP contribution in [0.15, 0.2) is 10.7 Å². The molecule has 1 aliphatic rings. The molecule has 2 heterocycles. The van der Waals surface area contributed by atoms with Gasteiger partial charge in [-0.1, -0.05) is 5.16 Å². The van der Waals surface area contributed by atoms with Crippen LogP contribution >= 0.6 is 0 Å². The Hall–Kier alpha value is -1.40. The van der Waals surface area contributed by atoms with Gasteiger partial charge in [0.25, 0.3) is 5.91 Å². The van der Waals surface area contributed by atoms with Gasteiger partial charge in [-0.3, -0.25) is 4.79 Å². The second kappa shape index (κ2) is 4.23. The standard InChI is InChI=1S/C10H15N3O3/c1-6-7(3-12-16-6)10(15)13(2)8-4-11-5-9(8)14/h3,8-9,11,14H,4-5H2,1-2H3/t8-,9-/m0/s1. The van der Waals surface area contributed by atoms with Crippen molar-refractivity contribution in [2.24, 2.45) is 0 Å². The monoisotopic (exact) mass is 225 g/mol. The number of hydrogen-bond acceptors (Lipinski definition) is 5. The lowest BCUT2D eigenvalue weighted by Gasteiger charge is -2.25. The average Bonchev–Trinajstić information content (AvgIpc) is 2.85. The van der Waals surface area contributed by atoms with Gasteiger partial charge in [-0.2, -0.15) is 0 Å². The molecule has 1 aliphatic heterocycles. The summed E-state index contributed by atoms with van der Waals surface area (Å²) in [5.41, 5.74) is 0.446. The van der Waals surface area contributed by atoms with Crippen LogP contribution in [0.1, 0.15) is 16.1 Å². The van der Waals surface area contributed by atoms with Gasteiger partial charge in [0.05, 0.1) is 18.3 Å². The number of nitrogens with one attached hydrogen (secondary N) is 1. The Kier molecular flexibility index (Phi) is 2.93. The minimum absolute atomic E-state index is 0.175. The zero-order valence-corrected chi connectivity index (χ0v) is 9.30. The number of nitrogens with zero attached hydrogens (tertiary/aromatic N) is 2. The van der Waals surface area contributed by atoms with Crippen molar-refractivity contribution in [2.75, 3.05) is 20.1 Å². The molecule has 1 aromatic rings. The van der Waals surface area contributed by atoms with Gasteiger partial charge in [-0.15, -0.1) is 0 Å². The average molecular weight is 225 g/mol. The molecule has 0 unspecified atom stereocenters. The number of amides is 1. The molecule has 0 bridgehead atoms. The van der Waals surface area contributed by atoms with Crippen molar-refractivity contribution in [1.82, 2.24) is 15.4 Å². The van der Waals surface area contributed by atoms with Gasteiger partial charge in [0.1, 0.15) is 11.3 Å². The van der Waals surface area contributed by atoms with Gasteiger partial charge in [-0.05, 0) is 6.92 Å². The van der Waals surface area contributed by atoms with E-state index in [2.05, 4.69) is 10.5 Å². The minimum atomic E-state index is -0.519. The summed E-state index contributed by atoms with van der Waals surface area (Å²) in [6.45, 7) is 2.82. The van der Waals surface area contributed by atoms with E-state index in [1.807, 2.05) is 0 Å². The number of β-amino-alcohol motifs (C(OH)–C–C–N with tert-alkyl or cyclic N) is 1. The summed E-state index contributed by atoms with van der Waals surface area (Å²) in [5, 5.41) is 16.3. The number of rotatable bonds is 2. The van der Waals surface area contributed by atoms with Crippen molar-refractivity contribution in [3.05, 3.63) is 17.5 Å². The summed E-state index contributed by atoms with van der Waals surface area (Å²) in [5.74, 6) is 0.323. The largest absolute Gasteiger partial charge is 0.390 e. The van der Waals surface area contributed by atoms with Gasteiger partial charge >= 0.3 is 0 Å². The SMILES string of the molecule is Cc1oncc1C(=O)N(C)[C@H]1CNC[C@@H]1O. The van der Waals surface area contributed by atoms with E-state index in [4.69, 9.17) is 4.52 Å². The number of aliphatic hydroxyl groups is 1. The van der Waals surface area contributed by atoms with Crippen molar-refractivity contribution in [1.29, 1.82) is 0 Å². The number of hydrogen-bond donors (Lipinski definition) is 2. The van der Waals surface area contributed by atoms with Crippen LogP contribution in [0, 0.1) is 6.92 Å². The third-order valence-corrected chi connectivity index (χ3v) is 2.95. The smallest absolute Gasteiger partial charge is 0.259 e. The Balaban J connectivity index is 2.13. The van der Waals surface area contributed by atoms with Gasteiger partial charge in [0, 0.05) is 20.1 Å². The van der Waals surface area contributed by atoms with E-state index in [1.165, 1.54) is 11.1 Å². The summed E-state index contributed by atoms with van der Waals surface area (Å²) < 4.78 is 4.85. The summed E-state index contributed by atoms with van der Waals surface area (Å²) in [4.78, 5) is 13.6. The fourth-order valence-electron chi connectivity index (χ4n) is 1.89. The lowest BCUT2D eigenvalue weighted by atomic mass is 10.1. The first-order valence-corrected chi connectivity index (χ1v) is 5.18. The van der Waals surface area contributed by atoms with Gasteiger partial charge < -0.3 is 19.8 Å². The van der Waals surface area contributed by atoms with Crippen molar-refractivity contribution in [3.8, 4) is 0 Å². The van der Waals surface area contributed by atoms with E-state index in [0.717, 1.165) is 0 Å². The number of carbonyl (C=O) groups excluding carboxylic acids is 1. The maximum Gasteiger partial charge on any atom is 0.259 e. The van der Waals surface area contributed by atoms with E-state index in [9.17, 15) is 9.90 Å². The molecule has 2 N–H and O–H groups in total. The summed E-state index contributed by atoms with van der Waals surface area (Å²) in [6.07, 6.45) is 0.886. The van der Waals surface area contributed by atoms with E-state index < -0.39 is 6.10 Å². The molecule has 16 heavy (non-hydrogen) atoms. The fraction of sp³-hybridized carbons (Fsp3) is 0.600. The highest BCUT2D eigenvalue weighted by Gasteiger charge is 2.32. The molecule has 0 aromatic carbocycles. The molecule has 1 fully saturated rings. The summed E-state index contributed by atoms with van der Waals surface area (Å²) in [6, 6.07) is -0.193. The highest BCUT2D eigenvalue weighted by Crippen LogP contribution is 2.14. The van der Waals surface area contributed by atoms with Crippen molar-refractivity contribution >= 4 is 5.91 Å². The van der Waals surface area contributed by atoms with Crippen molar-refractivity contribution < 1.29 is 14.4 Å². The van der Waals surface area contributed by atoms with Crippen LogP contribution in [-0.2, 0) is 0 Å². The molecule has 1 aromatic heterocycles. The van der Waals surface area contributed by atoms with Crippen LogP contribution in [0.3, 0.4) is 0 Å². The van der Waals surface area contributed by atoms with Crippen molar-refractivity contribution in [2.45, 2.75) is 19.1 Å². The van der Waals surface area contributed by atoms with E-state index in [1.54, 1.807) is 14.0 Å². The predicted octanol–water partition coefficient (Wildman–Crippen LogP) is -0.612. The van der Waals surface area contributed by atoms with Crippen LogP contribution < -0.4 is 5.32 Å². The first kappa shape index (κ1) is 11.1. The molecular formula is C10H15N3O3. The van der Waals surface area contributed by atoms with Gasteiger partial charge in [0.2, 0.25) is 0 Å². The number of aliphatic hydroxyl groups excluding tert-OH is 1. The lowest BCUT2D eigenvalue weighted by molar-refractivity contribution is 0.0579. The molecule has 88 valence electrons. The zero-order valence-electron chi connectivity index (χ0n) is 9.30. The third-order valence-electron chi connectivity index (χ3n) is 2.95. The van der Waals surface area contributed by atoms with Crippen molar-refractivity contribution in [3.63, 3.8) is 0 Å². The fourth-order valence-corrected chi connectivity index (χ4v) is 1.89. The first-order valence-electron chi connectivity index (χ1n) is 5.18. The molecule has 1 saturated heterocycles. The van der Waals surface area contributed by atoms with E-state index in [-0.39, 0.29) is 11.9 Å². The Bertz CT molecular complexity index is 390. The molecule has 2 atom stereocenters. The summed E-state index contributed by atoms with van der Waals surface area (Å²) >= 11 is 0. The van der Waals surface area contributed by atoms with Crippen LogP contribution in [0.25, 0.3) is 0 Å². The molecule has 6 heteroatoms. The predicted molar refractivity (Wildman–Crippen MR) is 56.0 cm³/mol. The maximum atomic E-state index is 12.0. The van der Waals surface area contributed by atoms with Gasteiger partial charge in [0.15, 0.2) is 0 Å². The molecule has 0 saturated carbocycles. The molecule has 0 aliphatic carbocycles.